The second-order valence-corrected chi connectivity index (χ2v) is 7.92. The van der Waals surface area contributed by atoms with Crippen LogP contribution in [0.15, 0.2) is 54.6 Å². The molecule has 0 fully saturated rings. The largest absolute Gasteiger partial charge is 0.459 e. The summed E-state index contributed by atoms with van der Waals surface area (Å²) in [6.45, 7) is 4.17. The molecule has 36 heavy (non-hydrogen) atoms. The van der Waals surface area contributed by atoms with Crippen LogP contribution >= 0.6 is 0 Å². The Bertz CT molecular complexity index is 1080. The molecule has 3 amide bonds. The smallest absolute Gasteiger partial charge is 0.408 e. The van der Waals surface area contributed by atoms with E-state index in [9.17, 15) is 29.3 Å². The van der Waals surface area contributed by atoms with Gasteiger partial charge in [0.05, 0.1) is 4.92 Å². The van der Waals surface area contributed by atoms with Crippen LogP contribution < -0.4 is 16.0 Å². The lowest BCUT2D eigenvalue weighted by Crippen LogP contribution is -2.53. The lowest BCUT2D eigenvalue weighted by Gasteiger charge is -2.20. The van der Waals surface area contributed by atoms with Gasteiger partial charge in [-0.25, -0.2) is 9.59 Å². The van der Waals surface area contributed by atoms with E-state index in [0.717, 1.165) is 5.56 Å². The van der Waals surface area contributed by atoms with Crippen molar-refractivity contribution >= 4 is 29.6 Å². The minimum atomic E-state index is -1.02. The molecule has 3 unspecified atom stereocenters. The van der Waals surface area contributed by atoms with Gasteiger partial charge in [0, 0.05) is 12.1 Å². The molecule has 0 bridgehead atoms. The molecule has 0 aromatic heterocycles. The van der Waals surface area contributed by atoms with Crippen molar-refractivity contribution in [3.05, 3.63) is 75.8 Å². The Hall–Kier alpha value is -4.48. The van der Waals surface area contributed by atoms with Gasteiger partial charge >= 0.3 is 12.1 Å². The highest BCUT2D eigenvalue weighted by molar-refractivity contribution is 5.92. The van der Waals surface area contributed by atoms with Crippen molar-refractivity contribution in [2.45, 2.75) is 52.1 Å². The van der Waals surface area contributed by atoms with Crippen LogP contribution in [0.2, 0.25) is 0 Å². The molecule has 0 aliphatic carbocycles. The monoisotopic (exact) mass is 500 g/mol. The van der Waals surface area contributed by atoms with Gasteiger partial charge in [-0.2, -0.15) is 0 Å². The van der Waals surface area contributed by atoms with Crippen molar-refractivity contribution in [1.82, 2.24) is 16.0 Å². The normalized spacial score (nSPS) is 12.9. The number of nitrogens with one attached hydrogen (secondary N) is 3. The second kappa shape index (κ2) is 13.4. The number of esters is 1. The number of non-ortho nitro benzene ring substituents is 1. The van der Waals surface area contributed by atoms with Gasteiger partial charge in [0.1, 0.15) is 31.3 Å². The predicted octanol–water partition coefficient (Wildman–Crippen LogP) is 1.96. The van der Waals surface area contributed by atoms with E-state index in [1.165, 1.54) is 45.0 Å². The van der Waals surface area contributed by atoms with E-state index >= 15 is 0 Å². The molecule has 0 aliphatic heterocycles. The van der Waals surface area contributed by atoms with Gasteiger partial charge in [-0.05, 0) is 44.0 Å². The molecule has 3 atom stereocenters. The molecule has 0 spiro atoms. The zero-order valence-electron chi connectivity index (χ0n) is 20.1. The number of nitrogens with zero attached hydrogens (tertiary/aromatic N) is 1. The van der Waals surface area contributed by atoms with Crippen molar-refractivity contribution in [2.24, 2.45) is 0 Å². The number of ether oxygens (including phenoxy) is 2. The Labute approximate surface area is 207 Å². The Morgan fingerprint density at radius 1 is 0.750 bits per heavy atom. The van der Waals surface area contributed by atoms with Crippen LogP contribution in [0.5, 0.6) is 0 Å². The molecule has 192 valence electrons. The number of benzene rings is 2. The predicted molar refractivity (Wildman–Crippen MR) is 127 cm³/mol. The van der Waals surface area contributed by atoms with E-state index in [4.69, 9.17) is 9.47 Å². The summed E-state index contributed by atoms with van der Waals surface area (Å²) in [5, 5.41) is 17.9. The van der Waals surface area contributed by atoms with Gasteiger partial charge in [0.25, 0.3) is 5.69 Å². The summed E-state index contributed by atoms with van der Waals surface area (Å²) in [6, 6.07) is 11.5. The maximum Gasteiger partial charge on any atom is 0.408 e. The summed E-state index contributed by atoms with van der Waals surface area (Å²) in [5.41, 5.74) is 1.24. The van der Waals surface area contributed by atoms with Crippen LogP contribution in [0.3, 0.4) is 0 Å². The average Bonchev–Trinajstić information content (AvgIpc) is 2.86. The highest BCUT2D eigenvalue weighted by Crippen LogP contribution is 2.12. The quantitative estimate of drug-likeness (QED) is 0.239. The molecule has 0 heterocycles. The topological polar surface area (TPSA) is 166 Å². The third kappa shape index (κ3) is 9.05. The molecule has 12 nitrogen and oxygen atoms in total. The first-order valence-electron chi connectivity index (χ1n) is 11.0. The molecule has 0 radical (unpaired) electrons. The minimum absolute atomic E-state index is 0.0397. The molecule has 0 aliphatic rings. The number of hydrogen-bond acceptors (Lipinski definition) is 8. The minimum Gasteiger partial charge on any atom is -0.459 e. The molecule has 0 saturated heterocycles. The molecule has 12 heteroatoms. The Morgan fingerprint density at radius 3 is 1.83 bits per heavy atom. The van der Waals surface area contributed by atoms with Crippen molar-refractivity contribution < 1.29 is 33.6 Å². The van der Waals surface area contributed by atoms with E-state index in [2.05, 4.69) is 16.0 Å². The summed E-state index contributed by atoms with van der Waals surface area (Å²) in [4.78, 5) is 58.9. The first-order valence-corrected chi connectivity index (χ1v) is 11.0. The molecular formula is C24H28N4O8. The number of hydrogen-bond donors (Lipinski definition) is 3. The number of rotatable bonds is 11. The Morgan fingerprint density at radius 2 is 1.25 bits per heavy atom. The number of nitro benzene ring substituents is 1. The number of nitro groups is 1. The fourth-order valence-corrected chi connectivity index (χ4v) is 2.80. The second-order valence-electron chi connectivity index (χ2n) is 7.92. The van der Waals surface area contributed by atoms with E-state index in [-0.39, 0.29) is 18.9 Å². The SMILES string of the molecule is CC(NC(=O)OCc1ccccc1)C(=O)NC(C)C(=O)NC(C)C(=O)OCc1ccc([N+](=O)[O-])cc1. The fourth-order valence-electron chi connectivity index (χ4n) is 2.80. The maximum absolute atomic E-state index is 12.4. The van der Waals surface area contributed by atoms with Crippen molar-refractivity contribution in [1.29, 1.82) is 0 Å². The van der Waals surface area contributed by atoms with Gasteiger partial charge in [0.2, 0.25) is 11.8 Å². The summed E-state index contributed by atoms with van der Waals surface area (Å²) in [6.07, 6.45) is -0.789. The van der Waals surface area contributed by atoms with Crippen molar-refractivity contribution in [2.75, 3.05) is 0 Å². The van der Waals surface area contributed by atoms with Crippen LogP contribution in [-0.2, 0) is 37.1 Å². The first-order chi connectivity index (χ1) is 17.1. The molecule has 3 N–H and O–H groups in total. The number of amides is 3. The van der Waals surface area contributed by atoms with E-state index < -0.39 is 46.9 Å². The van der Waals surface area contributed by atoms with Gasteiger partial charge in [0.15, 0.2) is 0 Å². The van der Waals surface area contributed by atoms with Crippen LogP contribution in [0.25, 0.3) is 0 Å². The zero-order valence-corrected chi connectivity index (χ0v) is 20.1. The molecule has 2 rings (SSSR count). The van der Waals surface area contributed by atoms with E-state index in [1.807, 2.05) is 6.07 Å². The standard InChI is InChI=1S/C24H28N4O8/c1-15(25-22(30)16(2)27-24(32)36-14-18-7-5-4-6-8-18)21(29)26-17(3)23(31)35-13-19-9-11-20(12-10-19)28(33)34/h4-12,15-17H,13-14H2,1-3H3,(H,25,30)(H,26,29)(H,27,32). The third-order valence-corrected chi connectivity index (χ3v) is 4.93. The molecule has 2 aromatic rings. The lowest BCUT2D eigenvalue weighted by molar-refractivity contribution is -0.384. The van der Waals surface area contributed by atoms with E-state index in [0.29, 0.717) is 5.56 Å². The number of carbonyl (C=O) groups is 4. The Balaban J connectivity index is 1.73. The highest BCUT2D eigenvalue weighted by Gasteiger charge is 2.24. The lowest BCUT2D eigenvalue weighted by atomic mass is 10.2. The zero-order chi connectivity index (χ0) is 26.7. The third-order valence-electron chi connectivity index (χ3n) is 4.93. The summed E-state index contributed by atoms with van der Waals surface area (Å²) < 4.78 is 10.2. The van der Waals surface area contributed by atoms with Gasteiger partial charge in [-0.3, -0.25) is 19.7 Å². The fraction of sp³-hybridized carbons (Fsp3) is 0.333. The molecule has 2 aromatic carbocycles. The summed E-state index contributed by atoms with van der Waals surface area (Å²) >= 11 is 0. The maximum atomic E-state index is 12.4. The average molecular weight is 501 g/mol. The molecule has 0 saturated carbocycles. The van der Waals surface area contributed by atoms with Gasteiger partial charge < -0.3 is 25.4 Å². The van der Waals surface area contributed by atoms with Gasteiger partial charge in [-0.15, -0.1) is 0 Å². The van der Waals surface area contributed by atoms with Crippen LogP contribution in [0.4, 0.5) is 10.5 Å². The van der Waals surface area contributed by atoms with Crippen molar-refractivity contribution in [3.8, 4) is 0 Å². The van der Waals surface area contributed by atoms with Crippen LogP contribution in [0, 0.1) is 10.1 Å². The van der Waals surface area contributed by atoms with Crippen LogP contribution in [-0.4, -0.2) is 46.9 Å². The molecular weight excluding hydrogens is 472 g/mol. The Kier molecular flexibility index (Phi) is 10.3. The van der Waals surface area contributed by atoms with Gasteiger partial charge in [-0.1, -0.05) is 30.3 Å². The number of alkyl carbamates (subject to hydrolysis) is 1. The van der Waals surface area contributed by atoms with E-state index in [1.54, 1.807) is 24.3 Å². The van der Waals surface area contributed by atoms with Crippen LogP contribution in [0.1, 0.15) is 31.9 Å². The highest BCUT2D eigenvalue weighted by atomic mass is 16.6. The number of carbonyl (C=O) groups excluding carboxylic acids is 4. The first kappa shape index (κ1) is 27.8. The van der Waals surface area contributed by atoms with Crippen molar-refractivity contribution in [3.63, 3.8) is 0 Å². The summed E-state index contributed by atoms with van der Waals surface area (Å²) in [5.74, 6) is -1.99. The summed E-state index contributed by atoms with van der Waals surface area (Å²) in [7, 11) is 0.